The molecule has 0 saturated carbocycles. The lowest BCUT2D eigenvalue weighted by atomic mass is 10.1. The minimum atomic E-state index is -4.85. The minimum Gasteiger partial charge on any atom is -0.494 e. The average Bonchev–Trinajstić information content (AvgIpc) is 2.39. The lowest BCUT2D eigenvalue weighted by Crippen LogP contribution is -2.25. The predicted molar refractivity (Wildman–Crippen MR) is 75.4 cm³/mol. The van der Waals surface area contributed by atoms with Gasteiger partial charge < -0.3 is 4.74 Å². The highest BCUT2D eigenvalue weighted by Gasteiger charge is 2.38. The summed E-state index contributed by atoms with van der Waals surface area (Å²) in [7, 11) is -4.12. The van der Waals surface area contributed by atoms with Gasteiger partial charge in [0.05, 0.1) is 12.4 Å². The van der Waals surface area contributed by atoms with Crippen molar-refractivity contribution in [1.29, 1.82) is 0 Å². The van der Waals surface area contributed by atoms with Gasteiger partial charge in [-0.3, -0.25) is 4.28 Å². The molecule has 0 aliphatic heterocycles. The van der Waals surface area contributed by atoms with Crippen molar-refractivity contribution in [3.8, 4) is 5.75 Å². The highest BCUT2D eigenvalue weighted by Crippen LogP contribution is 2.24. The van der Waals surface area contributed by atoms with Crippen molar-refractivity contribution in [3.05, 3.63) is 29.8 Å². The third-order valence-electron chi connectivity index (χ3n) is 2.40. The molecule has 0 N–H and O–H groups in total. The molecule has 0 fully saturated rings. The molecule has 0 atom stereocenters. The molecule has 0 bridgehead atoms. The Morgan fingerprint density at radius 1 is 1.18 bits per heavy atom. The van der Waals surface area contributed by atoms with Crippen LogP contribution in [0.15, 0.2) is 29.4 Å². The van der Waals surface area contributed by atoms with Crippen molar-refractivity contribution in [1.82, 2.24) is 0 Å². The second-order valence-electron chi connectivity index (χ2n) is 4.23. The molecule has 0 aromatic heterocycles. The predicted octanol–water partition coefficient (Wildman–Crippen LogP) is 3.11. The summed E-state index contributed by atoms with van der Waals surface area (Å²) in [5.74, 6) is -0.0161. The van der Waals surface area contributed by atoms with E-state index in [9.17, 15) is 21.6 Å². The van der Waals surface area contributed by atoms with E-state index in [4.69, 9.17) is 4.74 Å². The normalized spacial score (nSPS) is 13.0. The monoisotopic (exact) mass is 339 g/mol. The van der Waals surface area contributed by atoms with E-state index in [2.05, 4.69) is 9.44 Å². The van der Waals surface area contributed by atoms with Gasteiger partial charge in [-0.25, -0.2) is 0 Å². The van der Waals surface area contributed by atoms with Crippen molar-refractivity contribution in [2.45, 2.75) is 26.4 Å². The van der Waals surface area contributed by atoms with Gasteiger partial charge in [-0.1, -0.05) is 12.1 Å². The second kappa shape index (κ2) is 7.48. The molecule has 124 valence electrons. The fourth-order valence-corrected chi connectivity index (χ4v) is 2.29. The summed E-state index contributed by atoms with van der Waals surface area (Å²) in [5.41, 5.74) is -1.74. The summed E-state index contributed by atoms with van der Waals surface area (Å²) < 4.78 is 70.8. The van der Waals surface area contributed by atoms with E-state index in [1.807, 2.05) is 0 Å². The van der Waals surface area contributed by atoms with Crippen LogP contribution in [0.25, 0.3) is 0 Å². The standard InChI is InChI=1S/C13H16F3NO4S/c1-3-9-22(18,19)21-17-12(13(14,15)16)10-5-7-11(8-6-10)20-4-2/h5-8H,3-4,9H2,1-2H3/b17-12-. The number of nitrogens with zero attached hydrogens (tertiary/aromatic N) is 1. The number of halogens is 3. The summed E-state index contributed by atoms with van der Waals surface area (Å²) in [4.78, 5) is 0. The van der Waals surface area contributed by atoms with Crippen molar-refractivity contribution >= 4 is 15.8 Å². The Balaban J connectivity index is 3.08. The maximum atomic E-state index is 13.0. The van der Waals surface area contributed by atoms with Crippen molar-refractivity contribution < 1.29 is 30.6 Å². The first-order chi connectivity index (χ1) is 10.2. The Kier molecular flexibility index (Phi) is 6.21. The molecule has 0 amide bonds. The van der Waals surface area contributed by atoms with E-state index in [-0.39, 0.29) is 12.0 Å². The van der Waals surface area contributed by atoms with Gasteiger partial charge in [0.25, 0.3) is 0 Å². The Morgan fingerprint density at radius 2 is 1.77 bits per heavy atom. The van der Waals surface area contributed by atoms with Gasteiger partial charge in [-0.2, -0.15) is 21.6 Å². The molecule has 1 aromatic rings. The van der Waals surface area contributed by atoms with Crippen LogP contribution in [0.1, 0.15) is 25.8 Å². The Hall–Kier alpha value is -1.77. The highest BCUT2D eigenvalue weighted by molar-refractivity contribution is 7.86. The summed E-state index contributed by atoms with van der Waals surface area (Å²) in [6.45, 7) is 3.67. The maximum Gasteiger partial charge on any atom is 0.437 e. The van der Waals surface area contributed by atoms with Crippen LogP contribution in [0.3, 0.4) is 0 Å². The number of hydrogen-bond donors (Lipinski definition) is 0. The van der Waals surface area contributed by atoms with Gasteiger partial charge in [0.1, 0.15) is 5.75 Å². The van der Waals surface area contributed by atoms with Gasteiger partial charge >= 0.3 is 16.3 Å². The summed E-state index contributed by atoms with van der Waals surface area (Å²) in [6.07, 6.45) is -4.64. The summed E-state index contributed by atoms with van der Waals surface area (Å²) in [5, 5.41) is 2.79. The fraction of sp³-hybridized carbons (Fsp3) is 0.462. The molecule has 9 heteroatoms. The minimum absolute atomic E-state index is 0.211. The van der Waals surface area contributed by atoms with E-state index in [1.54, 1.807) is 13.8 Å². The van der Waals surface area contributed by atoms with Crippen LogP contribution in [0, 0.1) is 0 Å². The maximum absolute atomic E-state index is 13.0. The number of rotatable bonds is 7. The van der Waals surface area contributed by atoms with E-state index < -0.39 is 27.8 Å². The lowest BCUT2D eigenvalue weighted by molar-refractivity contribution is -0.0597. The third kappa shape index (κ3) is 5.55. The average molecular weight is 339 g/mol. The van der Waals surface area contributed by atoms with Crippen LogP contribution >= 0.6 is 0 Å². The quantitative estimate of drug-likeness (QED) is 0.565. The Morgan fingerprint density at radius 3 is 2.23 bits per heavy atom. The molecule has 1 rings (SSSR count). The Labute approximate surface area is 126 Å². The first-order valence-corrected chi connectivity index (χ1v) is 8.07. The summed E-state index contributed by atoms with van der Waals surface area (Å²) >= 11 is 0. The Bertz CT molecular complexity index is 609. The molecule has 0 radical (unpaired) electrons. The van der Waals surface area contributed by atoms with Crippen molar-refractivity contribution in [2.75, 3.05) is 12.4 Å². The van der Waals surface area contributed by atoms with E-state index in [0.717, 1.165) is 12.1 Å². The number of ether oxygens (including phenoxy) is 1. The van der Waals surface area contributed by atoms with Crippen LogP contribution in [0.2, 0.25) is 0 Å². The number of alkyl halides is 3. The van der Waals surface area contributed by atoms with Gasteiger partial charge in [-0.15, -0.1) is 0 Å². The molecule has 0 aliphatic rings. The second-order valence-corrected chi connectivity index (χ2v) is 5.90. The van der Waals surface area contributed by atoms with E-state index in [1.165, 1.54) is 12.1 Å². The van der Waals surface area contributed by atoms with Gasteiger partial charge in [-0.05, 0) is 37.6 Å². The molecule has 0 heterocycles. The molecule has 0 spiro atoms. The largest absolute Gasteiger partial charge is 0.494 e. The van der Waals surface area contributed by atoms with Crippen LogP contribution < -0.4 is 4.74 Å². The third-order valence-corrected chi connectivity index (χ3v) is 3.61. The first-order valence-electron chi connectivity index (χ1n) is 6.49. The molecule has 5 nitrogen and oxygen atoms in total. The van der Waals surface area contributed by atoms with Gasteiger partial charge in [0, 0.05) is 5.56 Å². The zero-order valence-corrected chi connectivity index (χ0v) is 12.9. The van der Waals surface area contributed by atoms with Crippen LogP contribution in [-0.4, -0.2) is 32.7 Å². The molecule has 0 aliphatic carbocycles. The lowest BCUT2D eigenvalue weighted by Gasteiger charge is -2.11. The number of oxime groups is 1. The number of hydrogen-bond acceptors (Lipinski definition) is 5. The van der Waals surface area contributed by atoms with Crippen LogP contribution in [-0.2, 0) is 14.4 Å². The molecular formula is C13H16F3NO4S. The molecule has 0 saturated heterocycles. The topological polar surface area (TPSA) is 65.0 Å². The van der Waals surface area contributed by atoms with Crippen molar-refractivity contribution in [2.24, 2.45) is 5.16 Å². The molecular weight excluding hydrogens is 323 g/mol. The van der Waals surface area contributed by atoms with Crippen LogP contribution in [0.5, 0.6) is 5.75 Å². The fourth-order valence-electron chi connectivity index (χ4n) is 1.53. The van der Waals surface area contributed by atoms with Crippen LogP contribution in [0.4, 0.5) is 13.2 Å². The van der Waals surface area contributed by atoms with Gasteiger partial charge in [0.2, 0.25) is 0 Å². The smallest absolute Gasteiger partial charge is 0.437 e. The van der Waals surface area contributed by atoms with E-state index in [0.29, 0.717) is 12.4 Å². The zero-order valence-electron chi connectivity index (χ0n) is 12.1. The summed E-state index contributed by atoms with van der Waals surface area (Å²) in [6, 6.07) is 4.93. The first kappa shape index (κ1) is 18.3. The van der Waals surface area contributed by atoms with Crippen molar-refractivity contribution in [3.63, 3.8) is 0 Å². The molecule has 0 unspecified atom stereocenters. The van der Waals surface area contributed by atoms with E-state index >= 15 is 0 Å². The van der Waals surface area contributed by atoms with Gasteiger partial charge in [0.15, 0.2) is 5.71 Å². The number of benzene rings is 1. The molecule has 1 aromatic carbocycles. The SMILES string of the molecule is CCCS(=O)(=O)O/N=C(/c1ccc(OCC)cc1)C(F)(F)F. The molecule has 22 heavy (non-hydrogen) atoms. The highest BCUT2D eigenvalue weighted by atomic mass is 32.2. The zero-order chi connectivity index (χ0) is 16.8.